The summed E-state index contributed by atoms with van der Waals surface area (Å²) in [5.41, 5.74) is 0. The molecule has 0 aliphatic heterocycles. The summed E-state index contributed by atoms with van der Waals surface area (Å²) < 4.78 is 22.9. The van der Waals surface area contributed by atoms with Crippen LogP contribution in [0.5, 0.6) is 0 Å². The average Bonchev–Trinajstić information content (AvgIpc) is 3.27. The maximum atomic E-state index is 13.0. The van der Waals surface area contributed by atoms with Crippen molar-refractivity contribution in [1.29, 1.82) is 0 Å². The van der Waals surface area contributed by atoms with Gasteiger partial charge in [-0.1, -0.05) is 239 Å². The normalized spacial score (nSPS) is 22.2. The molecule has 1 amide bonds. The fraction of sp³-hybridized carbons (Fsp3) is 0.980. The Kier molecular flexibility index (Phi) is 38.7. The lowest BCUT2D eigenvalue weighted by molar-refractivity contribution is -0.220. The van der Waals surface area contributed by atoms with Gasteiger partial charge in [-0.25, -0.2) is 4.57 Å². The number of carbonyl (C=O) groups is 1. The molecular formula is C50H100NO11P. The van der Waals surface area contributed by atoms with Crippen molar-refractivity contribution in [2.24, 2.45) is 0 Å². The van der Waals surface area contributed by atoms with Crippen LogP contribution in [-0.4, -0.2) is 96.8 Å². The van der Waals surface area contributed by atoms with Crippen LogP contribution in [0.15, 0.2) is 0 Å². The van der Waals surface area contributed by atoms with E-state index in [2.05, 4.69) is 19.2 Å². The molecule has 12 nitrogen and oxygen atoms in total. The number of phosphoric ester groups is 1. The van der Waals surface area contributed by atoms with Crippen molar-refractivity contribution < 1.29 is 53.9 Å². The van der Waals surface area contributed by atoms with Gasteiger partial charge in [0, 0.05) is 6.42 Å². The van der Waals surface area contributed by atoms with E-state index in [1.807, 2.05) is 0 Å². The highest BCUT2D eigenvalue weighted by Gasteiger charge is 2.51. The molecule has 8 N–H and O–H groups in total. The lowest BCUT2D eigenvalue weighted by atomic mass is 9.85. The quantitative estimate of drug-likeness (QED) is 0.0213. The average molecular weight is 922 g/mol. The molecule has 0 bridgehead atoms. The van der Waals surface area contributed by atoms with E-state index in [0.29, 0.717) is 19.3 Å². The zero-order valence-corrected chi connectivity index (χ0v) is 41.3. The van der Waals surface area contributed by atoms with Gasteiger partial charge >= 0.3 is 7.82 Å². The number of rotatable bonds is 45. The highest BCUT2D eigenvalue weighted by Crippen LogP contribution is 2.47. The third-order valence-corrected chi connectivity index (χ3v) is 14.2. The lowest BCUT2D eigenvalue weighted by Gasteiger charge is -2.41. The van der Waals surface area contributed by atoms with Crippen LogP contribution in [0.4, 0.5) is 0 Å². The molecule has 0 radical (unpaired) electrons. The molecule has 1 fully saturated rings. The molecule has 63 heavy (non-hydrogen) atoms. The number of amides is 1. The summed E-state index contributed by atoms with van der Waals surface area (Å²) >= 11 is 0. The SMILES string of the molecule is CCCCCCCCCCCCCCCCCCCCCCCCCCCCCC(=O)N[C@@H](COP(=O)(O)OC1C(O)C(O)C(O)[C@@H](O)C1O)[C@H](O)CCCCCCCCCCC. The van der Waals surface area contributed by atoms with Crippen LogP contribution >= 0.6 is 7.82 Å². The van der Waals surface area contributed by atoms with Crippen LogP contribution in [0.1, 0.15) is 258 Å². The number of aliphatic hydroxyl groups is 6. The van der Waals surface area contributed by atoms with Crippen molar-refractivity contribution in [3.8, 4) is 0 Å². The molecule has 1 aliphatic rings. The highest BCUT2D eigenvalue weighted by molar-refractivity contribution is 7.47. The zero-order chi connectivity index (χ0) is 46.4. The molecule has 13 heteroatoms. The fourth-order valence-electron chi connectivity index (χ4n) is 8.85. The summed E-state index contributed by atoms with van der Waals surface area (Å²) in [6.07, 6.45) is 33.2. The second kappa shape index (κ2) is 40.4. The fourth-order valence-corrected chi connectivity index (χ4v) is 9.82. The minimum atomic E-state index is -5.05. The monoisotopic (exact) mass is 922 g/mol. The summed E-state index contributed by atoms with van der Waals surface area (Å²) in [5, 5.41) is 64.1. The van der Waals surface area contributed by atoms with Gasteiger partial charge in [-0.2, -0.15) is 0 Å². The van der Waals surface area contributed by atoms with Crippen molar-refractivity contribution in [2.75, 3.05) is 6.61 Å². The molecule has 376 valence electrons. The van der Waals surface area contributed by atoms with Crippen molar-refractivity contribution in [2.45, 2.75) is 307 Å². The van der Waals surface area contributed by atoms with E-state index in [4.69, 9.17) is 9.05 Å². The molecule has 0 aromatic carbocycles. The van der Waals surface area contributed by atoms with Crippen LogP contribution in [0, 0.1) is 0 Å². The maximum Gasteiger partial charge on any atom is 0.472 e. The predicted molar refractivity (Wildman–Crippen MR) is 255 cm³/mol. The van der Waals surface area contributed by atoms with E-state index in [0.717, 1.165) is 38.5 Å². The van der Waals surface area contributed by atoms with Gasteiger partial charge in [0.05, 0.1) is 18.8 Å². The van der Waals surface area contributed by atoms with E-state index in [1.165, 1.54) is 180 Å². The lowest BCUT2D eigenvalue weighted by Crippen LogP contribution is -2.64. The Hall–Kier alpha value is -0.660. The second-order valence-corrected chi connectivity index (χ2v) is 20.5. The third-order valence-electron chi connectivity index (χ3n) is 13.2. The first kappa shape index (κ1) is 60.4. The molecular weight excluding hydrogens is 822 g/mol. The van der Waals surface area contributed by atoms with E-state index in [9.17, 15) is 44.9 Å². The molecule has 9 atom stereocenters. The van der Waals surface area contributed by atoms with E-state index in [-0.39, 0.29) is 12.3 Å². The number of unbranched alkanes of at least 4 members (excludes halogenated alkanes) is 34. The molecule has 0 spiro atoms. The Morgan fingerprint density at radius 2 is 0.762 bits per heavy atom. The van der Waals surface area contributed by atoms with Gasteiger partial charge in [0.25, 0.3) is 0 Å². The van der Waals surface area contributed by atoms with Crippen molar-refractivity contribution in [3.05, 3.63) is 0 Å². The van der Waals surface area contributed by atoms with Crippen LogP contribution in [0.25, 0.3) is 0 Å². The number of aliphatic hydroxyl groups excluding tert-OH is 6. The summed E-state index contributed by atoms with van der Waals surface area (Å²) in [4.78, 5) is 23.4. The van der Waals surface area contributed by atoms with E-state index < -0.39 is 63.2 Å². The molecule has 1 rings (SSSR count). The Morgan fingerprint density at radius 3 is 1.10 bits per heavy atom. The smallest absolute Gasteiger partial charge is 0.391 e. The number of nitrogens with one attached hydrogen (secondary N) is 1. The first-order chi connectivity index (χ1) is 30.4. The summed E-state index contributed by atoms with van der Waals surface area (Å²) in [6, 6.07) is -1.02. The molecule has 0 aromatic heterocycles. The Bertz CT molecular complexity index is 1070. The second-order valence-electron chi connectivity index (χ2n) is 19.1. The standard InChI is InChI=1S/C50H100NO11P/c1-3-5-7-9-11-13-14-15-16-17-18-19-20-21-22-23-24-25-26-27-28-29-30-32-34-36-38-40-44(53)51-42(43(52)39-37-35-33-31-12-10-8-6-4-2)41-61-63(59,60)62-50-48(57)46(55)45(54)47(56)49(50)58/h42-43,45-50,52,54-58H,3-41H2,1-2H3,(H,51,53)(H,59,60)/t42-,43+,45?,46+,47?,48?,49?,50?/m0/s1. The molecule has 0 heterocycles. The van der Waals surface area contributed by atoms with Crippen LogP contribution in [-0.2, 0) is 18.4 Å². The van der Waals surface area contributed by atoms with Crippen molar-refractivity contribution >= 4 is 13.7 Å². The van der Waals surface area contributed by atoms with Gasteiger partial charge in [0.2, 0.25) is 5.91 Å². The first-order valence-corrected chi connectivity index (χ1v) is 28.0. The van der Waals surface area contributed by atoms with Gasteiger partial charge < -0.3 is 40.8 Å². The van der Waals surface area contributed by atoms with E-state index >= 15 is 0 Å². The topological polar surface area (TPSA) is 206 Å². The van der Waals surface area contributed by atoms with Crippen LogP contribution in [0.2, 0.25) is 0 Å². The zero-order valence-electron chi connectivity index (χ0n) is 40.4. The molecule has 0 saturated heterocycles. The van der Waals surface area contributed by atoms with Crippen molar-refractivity contribution in [3.63, 3.8) is 0 Å². The van der Waals surface area contributed by atoms with Gasteiger partial charge in [-0.05, 0) is 12.8 Å². The van der Waals surface area contributed by atoms with Crippen LogP contribution in [0.3, 0.4) is 0 Å². The first-order valence-electron chi connectivity index (χ1n) is 26.5. The number of carbonyl (C=O) groups excluding carboxylic acids is 1. The number of hydrogen-bond acceptors (Lipinski definition) is 10. The molecule has 0 aromatic rings. The molecule has 1 aliphatic carbocycles. The highest BCUT2D eigenvalue weighted by atomic mass is 31.2. The Morgan fingerprint density at radius 1 is 0.476 bits per heavy atom. The molecule has 6 unspecified atom stereocenters. The minimum absolute atomic E-state index is 0.243. The van der Waals surface area contributed by atoms with Gasteiger partial charge in [-0.3, -0.25) is 13.8 Å². The summed E-state index contributed by atoms with van der Waals surface area (Å²) in [6.45, 7) is 3.88. The number of phosphoric acid groups is 1. The van der Waals surface area contributed by atoms with E-state index in [1.54, 1.807) is 0 Å². The maximum absolute atomic E-state index is 13.0. The minimum Gasteiger partial charge on any atom is -0.391 e. The number of hydrogen-bond donors (Lipinski definition) is 8. The third kappa shape index (κ3) is 31.9. The Balaban J connectivity index is 2.22. The molecule has 1 saturated carbocycles. The summed E-state index contributed by atoms with van der Waals surface area (Å²) in [5.74, 6) is -0.304. The largest absolute Gasteiger partial charge is 0.472 e. The van der Waals surface area contributed by atoms with Crippen LogP contribution < -0.4 is 5.32 Å². The van der Waals surface area contributed by atoms with Gasteiger partial charge in [0.15, 0.2) is 0 Å². The van der Waals surface area contributed by atoms with Gasteiger partial charge in [-0.15, -0.1) is 0 Å². The predicted octanol–water partition coefficient (Wildman–Crippen LogP) is 11.0. The van der Waals surface area contributed by atoms with Crippen molar-refractivity contribution in [1.82, 2.24) is 5.32 Å². The Labute approximate surface area is 385 Å². The summed E-state index contributed by atoms with van der Waals surface area (Å²) in [7, 11) is -5.05. The van der Waals surface area contributed by atoms with Gasteiger partial charge in [0.1, 0.15) is 36.6 Å².